The lowest BCUT2D eigenvalue weighted by molar-refractivity contribution is -0.116. The van der Waals surface area contributed by atoms with Crippen molar-refractivity contribution >= 4 is 27.3 Å². The fourth-order valence-corrected chi connectivity index (χ4v) is 3.61. The molecule has 6 heteroatoms. The molecule has 0 spiro atoms. The fourth-order valence-electron chi connectivity index (χ4n) is 2.49. The Bertz CT molecular complexity index is 611. The van der Waals surface area contributed by atoms with Crippen molar-refractivity contribution in [2.45, 2.75) is 33.1 Å². The van der Waals surface area contributed by atoms with Crippen LogP contribution in [-0.4, -0.2) is 26.6 Å². The highest BCUT2D eigenvalue weighted by atomic mass is 32.2. The molecule has 110 valence electrons. The fraction of sp³-hybridized carbons (Fsp3) is 0.500. The number of nitrogens with zero attached hydrogens (tertiary/aromatic N) is 1. The quantitative estimate of drug-likeness (QED) is 0.925. The average Bonchev–Trinajstić information content (AvgIpc) is 2.36. The summed E-state index contributed by atoms with van der Waals surface area (Å²) in [6.07, 6.45) is 2.35. The number of nitrogens with one attached hydrogen (secondary N) is 1. The van der Waals surface area contributed by atoms with Gasteiger partial charge in [-0.25, -0.2) is 8.42 Å². The molecular formula is C14H20N2O3S. The van der Waals surface area contributed by atoms with Crippen LogP contribution >= 0.6 is 0 Å². The number of hydrogen-bond donors (Lipinski definition) is 1. The van der Waals surface area contributed by atoms with Crippen LogP contribution in [0.3, 0.4) is 0 Å². The molecule has 0 bridgehead atoms. The van der Waals surface area contributed by atoms with E-state index in [4.69, 9.17) is 0 Å². The van der Waals surface area contributed by atoms with E-state index in [1.54, 1.807) is 17.9 Å². The zero-order valence-corrected chi connectivity index (χ0v) is 12.7. The van der Waals surface area contributed by atoms with Crippen LogP contribution in [0.1, 0.15) is 32.3 Å². The molecule has 0 radical (unpaired) electrons. The van der Waals surface area contributed by atoms with Crippen molar-refractivity contribution < 1.29 is 13.2 Å². The Kier molecular flexibility index (Phi) is 4.32. The normalized spacial score (nSPS) is 14.8. The smallest absolute Gasteiger partial charge is 0.232 e. The summed E-state index contributed by atoms with van der Waals surface area (Å²) in [7, 11) is -3.27. The molecule has 0 aromatic heterocycles. The van der Waals surface area contributed by atoms with Crippen LogP contribution in [0.25, 0.3) is 0 Å². The number of benzene rings is 1. The third kappa shape index (κ3) is 3.30. The van der Waals surface area contributed by atoms with Crippen LogP contribution in [0, 0.1) is 0 Å². The third-order valence-corrected chi connectivity index (χ3v) is 4.82. The number of anilines is 2. The topological polar surface area (TPSA) is 66.5 Å². The molecule has 1 aromatic rings. The number of carbonyl (C=O) groups is 1. The summed E-state index contributed by atoms with van der Waals surface area (Å²) in [5, 5.41) is 0. The van der Waals surface area contributed by atoms with Gasteiger partial charge in [-0.05, 0) is 43.0 Å². The first kappa shape index (κ1) is 14.8. The summed E-state index contributed by atoms with van der Waals surface area (Å²) in [5.74, 6) is 0.134. The third-order valence-electron chi connectivity index (χ3n) is 3.32. The van der Waals surface area contributed by atoms with E-state index in [-0.39, 0.29) is 11.7 Å². The van der Waals surface area contributed by atoms with E-state index >= 15 is 0 Å². The first-order valence-corrected chi connectivity index (χ1v) is 8.49. The Hall–Kier alpha value is -1.56. The largest absolute Gasteiger partial charge is 0.312 e. The number of aryl methyl sites for hydroxylation is 1. The van der Waals surface area contributed by atoms with Gasteiger partial charge in [0.1, 0.15) is 0 Å². The van der Waals surface area contributed by atoms with Gasteiger partial charge in [-0.3, -0.25) is 9.52 Å². The van der Waals surface area contributed by atoms with Crippen molar-refractivity contribution in [1.29, 1.82) is 0 Å². The maximum absolute atomic E-state index is 11.8. The van der Waals surface area contributed by atoms with Crippen molar-refractivity contribution in [2.75, 3.05) is 21.9 Å². The molecule has 2 rings (SSSR count). The van der Waals surface area contributed by atoms with Gasteiger partial charge in [0.15, 0.2) is 0 Å². The Balaban J connectivity index is 2.26. The predicted molar refractivity (Wildman–Crippen MR) is 80.5 cm³/mol. The molecule has 0 aliphatic carbocycles. The molecule has 1 heterocycles. The second-order valence-corrected chi connectivity index (χ2v) is 6.88. The predicted octanol–water partition coefficient (Wildman–Crippen LogP) is 2.14. The van der Waals surface area contributed by atoms with Gasteiger partial charge in [0.25, 0.3) is 0 Å². The monoisotopic (exact) mass is 296 g/mol. The van der Waals surface area contributed by atoms with E-state index in [1.165, 1.54) is 0 Å². The summed E-state index contributed by atoms with van der Waals surface area (Å²) in [5.41, 5.74) is 2.48. The molecule has 0 unspecified atom stereocenters. The maximum atomic E-state index is 11.8. The van der Waals surface area contributed by atoms with Crippen LogP contribution in [0.15, 0.2) is 18.2 Å². The first-order valence-electron chi connectivity index (χ1n) is 6.84. The number of rotatable bonds is 4. The van der Waals surface area contributed by atoms with E-state index in [2.05, 4.69) is 4.72 Å². The molecule has 1 aromatic carbocycles. The second-order valence-electron chi connectivity index (χ2n) is 5.04. The van der Waals surface area contributed by atoms with Crippen molar-refractivity contribution in [3.05, 3.63) is 23.8 Å². The summed E-state index contributed by atoms with van der Waals surface area (Å²) in [4.78, 5) is 13.3. The van der Waals surface area contributed by atoms with Gasteiger partial charge >= 0.3 is 0 Å². The lowest BCUT2D eigenvalue weighted by atomic mass is 10.0. The number of amides is 1. The van der Waals surface area contributed by atoms with Crippen LogP contribution in [0.5, 0.6) is 0 Å². The minimum absolute atomic E-state index is 0.0188. The minimum Gasteiger partial charge on any atom is -0.312 e. The van der Waals surface area contributed by atoms with E-state index in [0.29, 0.717) is 12.1 Å². The van der Waals surface area contributed by atoms with Gasteiger partial charge in [-0.2, -0.15) is 0 Å². The first-order chi connectivity index (χ1) is 9.43. The van der Waals surface area contributed by atoms with Gasteiger partial charge in [-0.15, -0.1) is 0 Å². The number of hydrogen-bond acceptors (Lipinski definition) is 3. The molecule has 0 fully saturated rings. The van der Waals surface area contributed by atoms with Crippen molar-refractivity contribution in [1.82, 2.24) is 0 Å². The lowest BCUT2D eigenvalue weighted by Crippen LogP contribution is -2.33. The summed E-state index contributed by atoms with van der Waals surface area (Å²) >= 11 is 0. The van der Waals surface area contributed by atoms with Crippen molar-refractivity contribution in [3.8, 4) is 0 Å². The molecule has 0 saturated heterocycles. The lowest BCUT2D eigenvalue weighted by Gasteiger charge is -2.29. The maximum Gasteiger partial charge on any atom is 0.232 e. The molecule has 5 nitrogen and oxygen atoms in total. The van der Waals surface area contributed by atoms with Crippen LogP contribution in [-0.2, 0) is 21.2 Å². The second kappa shape index (κ2) is 5.83. The zero-order valence-electron chi connectivity index (χ0n) is 11.8. The van der Waals surface area contributed by atoms with Crippen LogP contribution in [0.4, 0.5) is 11.4 Å². The SMILES string of the molecule is CCCS(=O)(=O)Nc1ccc2c(c1)CCCN2C(C)=O. The van der Waals surface area contributed by atoms with Crippen molar-refractivity contribution in [3.63, 3.8) is 0 Å². The number of sulfonamides is 1. The van der Waals surface area contributed by atoms with Gasteiger partial charge in [0.2, 0.25) is 15.9 Å². The van der Waals surface area contributed by atoms with E-state index in [9.17, 15) is 13.2 Å². The Morgan fingerprint density at radius 3 is 2.80 bits per heavy atom. The van der Waals surface area contributed by atoms with Gasteiger partial charge < -0.3 is 4.90 Å². The van der Waals surface area contributed by atoms with Crippen LogP contribution < -0.4 is 9.62 Å². The number of fused-ring (bicyclic) bond motifs is 1. The molecule has 1 aliphatic rings. The Labute approximate surface area is 120 Å². The zero-order chi connectivity index (χ0) is 14.8. The van der Waals surface area contributed by atoms with Gasteiger partial charge in [-0.1, -0.05) is 6.92 Å². The van der Waals surface area contributed by atoms with Gasteiger partial charge in [0.05, 0.1) is 5.75 Å². The van der Waals surface area contributed by atoms with E-state index < -0.39 is 10.0 Å². The van der Waals surface area contributed by atoms with E-state index in [1.807, 2.05) is 19.1 Å². The highest BCUT2D eigenvalue weighted by Crippen LogP contribution is 2.30. The molecule has 20 heavy (non-hydrogen) atoms. The molecule has 0 saturated carbocycles. The highest BCUT2D eigenvalue weighted by Gasteiger charge is 2.20. The summed E-state index contributed by atoms with van der Waals surface area (Å²) < 4.78 is 26.1. The van der Waals surface area contributed by atoms with Crippen LogP contribution in [0.2, 0.25) is 0 Å². The molecule has 1 amide bonds. The average molecular weight is 296 g/mol. The summed E-state index contributed by atoms with van der Waals surface area (Å²) in [6, 6.07) is 5.37. The highest BCUT2D eigenvalue weighted by molar-refractivity contribution is 7.92. The van der Waals surface area contributed by atoms with Crippen molar-refractivity contribution in [2.24, 2.45) is 0 Å². The molecule has 1 N–H and O–H groups in total. The standard InChI is InChI=1S/C14H20N2O3S/c1-3-9-20(18,19)15-13-6-7-14-12(10-13)5-4-8-16(14)11(2)17/h6-7,10,15H,3-5,8-9H2,1-2H3. The molecule has 0 atom stereocenters. The Morgan fingerprint density at radius 1 is 1.40 bits per heavy atom. The van der Waals surface area contributed by atoms with E-state index in [0.717, 1.165) is 30.6 Å². The molecule has 1 aliphatic heterocycles. The minimum atomic E-state index is -3.27. The molecular weight excluding hydrogens is 276 g/mol. The van der Waals surface area contributed by atoms with Gasteiger partial charge in [0, 0.05) is 24.8 Å². The Morgan fingerprint density at radius 2 is 2.15 bits per heavy atom. The number of carbonyl (C=O) groups excluding carboxylic acids is 1. The summed E-state index contributed by atoms with van der Waals surface area (Å²) in [6.45, 7) is 4.10.